The predicted molar refractivity (Wildman–Crippen MR) is 86.1 cm³/mol. The lowest BCUT2D eigenvalue weighted by Crippen LogP contribution is -2.32. The Labute approximate surface area is 145 Å². The number of carbonyl (C=O) groups excluding carboxylic acids is 1. The Hall–Kier alpha value is -1.89. The molecule has 2 nitrogen and oxygen atoms in total. The van der Waals surface area contributed by atoms with Crippen molar-refractivity contribution in [1.29, 1.82) is 0 Å². The summed E-state index contributed by atoms with van der Waals surface area (Å²) in [6.07, 6.45) is -4.29. The zero-order valence-corrected chi connectivity index (χ0v) is 14.0. The summed E-state index contributed by atoms with van der Waals surface area (Å²) in [5.41, 5.74) is -0.0478. The summed E-state index contributed by atoms with van der Waals surface area (Å²) >= 11 is 3.18. The number of alkyl halides is 4. The quantitative estimate of drug-likeness (QED) is 0.579. The fourth-order valence-corrected chi connectivity index (χ4v) is 2.62. The van der Waals surface area contributed by atoms with E-state index in [0.29, 0.717) is 11.1 Å². The maximum absolute atomic E-state index is 13.6. The third kappa shape index (κ3) is 5.06. The Kier molecular flexibility index (Phi) is 5.99. The molecule has 0 heterocycles. The van der Waals surface area contributed by atoms with E-state index in [4.69, 9.17) is 0 Å². The van der Waals surface area contributed by atoms with Gasteiger partial charge in [-0.25, -0.2) is 4.39 Å². The monoisotopic (exact) mass is 403 g/mol. The zero-order chi connectivity index (χ0) is 17.7. The summed E-state index contributed by atoms with van der Waals surface area (Å²) < 4.78 is 51.5. The fraction of sp³-hybridized carbons (Fsp3) is 0.235. The molecule has 0 spiro atoms. The van der Waals surface area contributed by atoms with Crippen LogP contribution < -0.4 is 5.32 Å². The van der Waals surface area contributed by atoms with Gasteiger partial charge in [0.15, 0.2) is 0 Å². The molecular weight excluding hydrogens is 390 g/mol. The Bertz CT molecular complexity index is 718. The topological polar surface area (TPSA) is 29.1 Å². The Morgan fingerprint density at radius 3 is 2.50 bits per heavy atom. The Morgan fingerprint density at radius 2 is 1.83 bits per heavy atom. The molecule has 0 fully saturated rings. The molecule has 7 heteroatoms. The van der Waals surface area contributed by atoms with Crippen LogP contribution in [0.1, 0.15) is 16.7 Å². The fourth-order valence-electron chi connectivity index (χ4n) is 2.11. The molecule has 2 aromatic carbocycles. The highest BCUT2D eigenvalue weighted by molar-refractivity contribution is 9.10. The molecule has 2 rings (SSSR count). The van der Waals surface area contributed by atoms with Crippen LogP contribution in [-0.2, 0) is 23.9 Å². The van der Waals surface area contributed by atoms with E-state index >= 15 is 0 Å². The van der Waals surface area contributed by atoms with Gasteiger partial charge in [-0.1, -0.05) is 46.3 Å². The third-order valence-electron chi connectivity index (χ3n) is 3.36. The molecule has 1 unspecified atom stereocenters. The van der Waals surface area contributed by atoms with Gasteiger partial charge in [0.25, 0.3) is 0 Å². The highest BCUT2D eigenvalue weighted by atomic mass is 79.9. The van der Waals surface area contributed by atoms with Gasteiger partial charge < -0.3 is 5.32 Å². The third-order valence-corrected chi connectivity index (χ3v) is 4.10. The van der Waals surface area contributed by atoms with Gasteiger partial charge in [-0.3, -0.25) is 4.79 Å². The van der Waals surface area contributed by atoms with E-state index in [0.717, 1.165) is 12.1 Å². The van der Waals surface area contributed by atoms with E-state index in [9.17, 15) is 22.4 Å². The second kappa shape index (κ2) is 7.79. The molecule has 0 saturated carbocycles. The standard InChI is InChI=1S/C17H14BrF4NO/c18-14(9-12-5-1-2-7-15(12)19)16(24)23-10-11-4-3-6-13(8-11)17(20,21)22/h1-8,14H,9-10H2,(H,23,24). The lowest BCUT2D eigenvalue weighted by atomic mass is 10.1. The minimum Gasteiger partial charge on any atom is -0.351 e. The second-order valence-electron chi connectivity index (χ2n) is 5.18. The van der Waals surface area contributed by atoms with Crippen molar-refractivity contribution in [3.63, 3.8) is 0 Å². The van der Waals surface area contributed by atoms with Crippen LogP contribution in [0.3, 0.4) is 0 Å². The van der Waals surface area contributed by atoms with Crippen LogP contribution in [-0.4, -0.2) is 10.7 Å². The van der Waals surface area contributed by atoms with Crippen molar-refractivity contribution < 1.29 is 22.4 Å². The van der Waals surface area contributed by atoms with Gasteiger partial charge in [0, 0.05) is 6.54 Å². The molecule has 24 heavy (non-hydrogen) atoms. The van der Waals surface area contributed by atoms with Gasteiger partial charge in [-0.15, -0.1) is 0 Å². The van der Waals surface area contributed by atoms with Crippen LogP contribution in [0.4, 0.5) is 17.6 Å². The molecule has 2 aromatic rings. The SMILES string of the molecule is O=C(NCc1cccc(C(F)(F)F)c1)C(Br)Cc1ccccc1F. The van der Waals surface area contributed by atoms with Crippen LogP contribution in [0.15, 0.2) is 48.5 Å². The van der Waals surface area contributed by atoms with E-state index in [1.54, 1.807) is 18.2 Å². The van der Waals surface area contributed by atoms with E-state index in [-0.39, 0.29) is 13.0 Å². The van der Waals surface area contributed by atoms with Crippen molar-refractivity contribution in [2.24, 2.45) is 0 Å². The maximum Gasteiger partial charge on any atom is 0.416 e. The van der Waals surface area contributed by atoms with E-state index in [1.165, 1.54) is 18.2 Å². The van der Waals surface area contributed by atoms with E-state index in [2.05, 4.69) is 21.2 Å². The number of benzene rings is 2. The average molecular weight is 404 g/mol. The van der Waals surface area contributed by atoms with Crippen molar-refractivity contribution >= 4 is 21.8 Å². The van der Waals surface area contributed by atoms with Gasteiger partial charge in [0.2, 0.25) is 5.91 Å². The first-order valence-electron chi connectivity index (χ1n) is 7.08. The van der Waals surface area contributed by atoms with Crippen LogP contribution in [0, 0.1) is 5.82 Å². The smallest absolute Gasteiger partial charge is 0.351 e. The number of halogens is 5. The van der Waals surface area contributed by atoms with E-state index in [1.807, 2.05) is 0 Å². The number of nitrogens with one attached hydrogen (secondary N) is 1. The molecule has 1 N–H and O–H groups in total. The summed E-state index contributed by atoms with van der Waals surface area (Å²) in [7, 11) is 0. The highest BCUT2D eigenvalue weighted by Crippen LogP contribution is 2.29. The molecular formula is C17H14BrF4NO. The highest BCUT2D eigenvalue weighted by Gasteiger charge is 2.30. The molecule has 0 aliphatic rings. The second-order valence-corrected chi connectivity index (χ2v) is 6.28. The number of hydrogen-bond acceptors (Lipinski definition) is 1. The molecule has 1 amide bonds. The minimum atomic E-state index is -4.43. The molecule has 0 saturated heterocycles. The van der Waals surface area contributed by atoms with Crippen molar-refractivity contribution in [2.45, 2.75) is 24.0 Å². The van der Waals surface area contributed by atoms with Crippen molar-refractivity contribution in [3.05, 3.63) is 71.0 Å². The molecule has 0 bridgehead atoms. The molecule has 0 radical (unpaired) electrons. The number of amides is 1. The van der Waals surface area contributed by atoms with Gasteiger partial charge >= 0.3 is 6.18 Å². The average Bonchev–Trinajstić information content (AvgIpc) is 2.54. The lowest BCUT2D eigenvalue weighted by molar-refractivity contribution is -0.137. The maximum atomic E-state index is 13.6. The molecule has 0 aromatic heterocycles. The first-order chi connectivity index (χ1) is 11.3. The summed E-state index contributed by atoms with van der Waals surface area (Å²) in [5.74, 6) is -0.830. The first kappa shape index (κ1) is 18.4. The molecule has 1 atom stereocenters. The van der Waals surface area contributed by atoms with E-state index < -0.39 is 28.3 Å². The predicted octanol–water partition coefficient (Wildman–Crippen LogP) is 4.47. The van der Waals surface area contributed by atoms with Gasteiger partial charge in [-0.05, 0) is 35.7 Å². The molecule has 0 aliphatic heterocycles. The Balaban J connectivity index is 1.94. The van der Waals surface area contributed by atoms with Crippen LogP contribution >= 0.6 is 15.9 Å². The summed E-state index contributed by atoms with van der Waals surface area (Å²) in [6.45, 7) is -0.0396. The largest absolute Gasteiger partial charge is 0.416 e. The lowest BCUT2D eigenvalue weighted by Gasteiger charge is -2.13. The molecule has 128 valence electrons. The summed E-state index contributed by atoms with van der Waals surface area (Å²) in [5, 5.41) is 2.54. The Morgan fingerprint density at radius 1 is 1.12 bits per heavy atom. The number of rotatable bonds is 5. The number of hydrogen-bond donors (Lipinski definition) is 1. The normalized spacial score (nSPS) is 12.7. The zero-order valence-electron chi connectivity index (χ0n) is 12.4. The van der Waals surface area contributed by atoms with Gasteiger partial charge in [0.1, 0.15) is 5.82 Å². The first-order valence-corrected chi connectivity index (χ1v) is 8.00. The number of carbonyl (C=O) groups is 1. The van der Waals surface area contributed by atoms with Crippen LogP contribution in [0.5, 0.6) is 0 Å². The van der Waals surface area contributed by atoms with Crippen molar-refractivity contribution in [2.75, 3.05) is 0 Å². The van der Waals surface area contributed by atoms with Crippen LogP contribution in [0.2, 0.25) is 0 Å². The van der Waals surface area contributed by atoms with Gasteiger partial charge in [0.05, 0.1) is 10.4 Å². The summed E-state index contributed by atoms with van der Waals surface area (Å²) in [4.78, 5) is 11.3. The molecule has 0 aliphatic carbocycles. The summed E-state index contributed by atoms with van der Waals surface area (Å²) in [6, 6.07) is 10.8. The van der Waals surface area contributed by atoms with Crippen molar-refractivity contribution in [3.8, 4) is 0 Å². The minimum absolute atomic E-state index is 0.0396. The van der Waals surface area contributed by atoms with Gasteiger partial charge in [-0.2, -0.15) is 13.2 Å². The van der Waals surface area contributed by atoms with Crippen molar-refractivity contribution in [1.82, 2.24) is 5.32 Å². The van der Waals surface area contributed by atoms with Crippen LogP contribution in [0.25, 0.3) is 0 Å².